The van der Waals surface area contributed by atoms with Crippen molar-refractivity contribution in [3.8, 4) is 0 Å². The van der Waals surface area contributed by atoms with Gasteiger partial charge in [-0.2, -0.15) is 5.10 Å². The van der Waals surface area contributed by atoms with Crippen molar-refractivity contribution in [1.29, 1.82) is 0 Å². The Labute approximate surface area is 133 Å². The molecule has 1 amide bonds. The maximum absolute atomic E-state index is 12.7. The SMILES string of the molecule is CN(C)c1cc(C(=O)N2CC[C@@H](n3cncn3)C2)cc(Cl)n1. The first-order valence-electron chi connectivity index (χ1n) is 7.03. The molecule has 1 fully saturated rings. The van der Waals surface area contributed by atoms with Crippen molar-refractivity contribution >= 4 is 23.3 Å². The Bertz CT molecular complexity index is 672. The Kier molecular flexibility index (Phi) is 3.98. The van der Waals surface area contributed by atoms with Gasteiger partial charge in [0, 0.05) is 32.7 Å². The summed E-state index contributed by atoms with van der Waals surface area (Å²) in [5.41, 5.74) is 0.558. The predicted octanol–water partition coefficient (Wildman–Crippen LogP) is 1.48. The zero-order valence-corrected chi connectivity index (χ0v) is 13.2. The van der Waals surface area contributed by atoms with Crippen molar-refractivity contribution in [2.45, 2.75) is 12.5 Å². The van der Waals surface area contributed by atoms with Gasteiger partial charge in [-0.25, -0.2) is 14.6 Å². The molecular weight excluding hydrogens is 304 g/mol. The molecule has 3 rings (SSSR count). The van der Waals surface area contributed by atoms with Crippen LogP contribution in [0.1, 0.15) is 22.8 Å². The molecule has 2 aromatic heterocycles. The van der Waals surface area contributed by atoms with E-state index in [0.717, 1.165) is 6.42 Å². The lowest BCUT2D eigenvalue weighted by atomic mass is 10.2. The van der Waals surface area contributed by atoms with Crippen LogP contribution in [0, 0.1) is 0 Å². The molecule has 0 bridgehead atoms. The van der Waals surface area contributed by atoms with Crippen LogP contribution in [0.25, 0.3) is 0 Å². The van der Waals surface area contributed by atoms with Crippen molar-refractivity contribution in [2.24, 2.45) is 0 Å². The second kappa shape index (κ2) is 5.92. The smallest absolute Gasteiger partial charge is 0.254 e. The van der Waals surface area contributed by atoms with Crippen LogP contribution >= 0.6 is 11.6 Å². The number of nitrogens with zero attached hydrogens (tertiary/aromatic N) is 6. The number of carbonyl (C=O) groups is 1. The zero-order valence-electron chi connectivity index (χ0n) is 12.5. The second-order valence-electron chi connectivity index (χ2n) is 5.50. The van der Waals surface area contributed by atoms with Gasteiger partial charge in [-0.15, -0.1) is 0 Å². The van der Waals surface area contributed by atoms with Crippen LogP contribution < -0.4 is 4.90 Å². The highest BCUT2D eigenvalue weighted by atomic mass is 35.5. The molecule has 1 atom stereocenters. The van der Waals surface area contributed by atoms with Gasteiger partial charge in [-0.3, -0.25) is 4.79 Å². The van der Waals surface area contributed by atoms with E-state index < -0.39 is 0 Å². The molecule has 0 unspecified atom stereocenters. The lowest BCUT2D eigenvalue weighted by Gasteiger charge is -2.18. The summed E-state index contributed by atoms with van der Waals surface area (Å²) in [6.45, 7) is 1.32. The number of likely N-dealkylation sites (tertiary alicyclic amines) is 1. The number of rotatable bonds is 3. The van der Waals surface area contributed by atoms with Gasteiger partial charge >= 0.3 is 0 Å². The van der Waals surface area contributed by atoms with Gasteiger partial charge in [0.2, 0.25) is 0 Å². The fourth-order valence-corrected chi connectivity index (χ4v) is 2.77. The summed E-state index contributed by atoms with van der Waals surface area (Å²) in [5.74, 6) is 0.637. The van der Waals surface area contributed by atoms with Crippen LogP contribution in [0.2, 0.25) is 5.15 Å². The minimum atomic E-state index is -0.0324. The molecule has 0 radical (unpaired) electrons. The maximum Gasteiger partial charge on any atom is 0.254 e. The third kappa shape index (κ3) is 2.89. The number of anilines is 1. The normalized spacial score (nSPS) is 17.8. The lowest BCUT2D eigenvalue weighted by Crippen LogP contribution is -2.29. The van der Waals surface area contributed by atoms with Crippen molar-refractivity contribution in [2.75, 3.05) is 32.1 Å². The third-order valence-corrected chi connectivity index (χ3v) is 3.94. The van der Waals surface area contributed by atoms with E-state index in [2.05, 4.69) is 15.1 Å². The molecule has 22 heavy (non-hydrogen) atoms. The average Bonchev–Trinajstić information content (AvgIpc) is 3.16. The minimum Gasteiger partial charge on any atom is -0.363 e. The van der Waals surface area contributed by atoms with Crippen LogP contribution in [0.5, 0.6) is 0 Å². The molecule has 1 aliphatic rings. The number of hydrogen-bond acceptors (Lipinski definition) is 5. The molecule has 0 spiro atoms. The van der Waals surface area contributed by atoms with Gasteiger partial charge < -0.3 is 9.80 Å². The number of carbonyl (C=O) groups excluding carboxylic acids is 1. The maximum atomic E-state index is 12.7. The standard InChI is InChI=1S/C14H17ClN6O/c1-19(2)13-6-10(5-12(15)18-13)14(22)20-4-3-11(7-20)21-9-16-8-17-21/h5-6,8-9,11H,3-4,7H2,1-2H3/t11-/m1/s1. The van der Waals surface area contributed by atoms with E-state index in [1.54, 1.807) is 23.1 Å². The van der Waals surface area contributed by atoms with E-state index in [1.807, 2.05) is 23.9 Å². The highest BCUT2D eigenvalue weighted by molar-refractivity contribution is 6.29. The molecule has 8 heteroatoms. The second-order valence-corrected chi connectivity index (χ2v) is 5.89. The quantitative estimate of drug-likeness (QED) is 0.801. The summed E-state index contributed by atoms with van der Waals surface area (Å²) in [6, 6.07) is 3.55. The summed E-state index contributed by atoms with van der Waals surface area (Å²) >= 11 is 6.02. The van der Waals surface area contributed by atoms with Gasteiger partial charge in [0.05, 0.1) is 6.04 Å². The Morgan fingerprint density at radius 1 is 1.41 bits per heavy atom. The van der Waals surface area contributed by atoms with Crippen molar-refractivity contribution < 1.29 is 4.79 Å². The summed E-state index contributed by atoms with van der Waals surface area (Å²) < 4.78 is 1.80. The monoisotopic (exact) mass is 320 g/mol. The van der Waals surface area contributed by atoms with Gasteiger partial charge in [0.25, 0.3) is 5.91 Å². The molecule has 2 aromatic rings. The Morgan fingerprint density at radius 2 is 2.23 bits per heavy atom. The molecule has 1 aliphatic heterocycles. The van der Waals surface area contributed by atoms with Gasteiger partial charge in [-0.05, 0) is 18.6 Å². The minimum absolute atomic E-state index is 0.0324. The topological polar surface area (TPSA) is 67.2 Å². The summed E-state index contributed by atoms with van der Waals surface area (Å²) in [4.78, 5) is 24.5. The first kappa shape index (κ1) is 14.8. The first-order valence-corrected chi connectivity index (χ1v) is 7.40. The van der Waals surface area contributed by atoms with Crippen LogP contribution in [0.3, 0.4) is 0 Å². The van der Waals surface area contributed by atoms with Gasteiger partial charge in [-0.1, -0.05) is 11.6 Å². The summed E-state index contributed by atoms with van der Waals surface area (Å²) in [6.07, 6.45) is 4.07. The molecule has 0 N–H and O–H groups in total. The van der Waals surface area contributed by atoms with Crippen LogP contribution in [-0.4, -0.2) is 57.7 Å². The Hall–Kier alpha value is -2.15. The fourth-order valence-electron chi connectivity index (χ4n) is 2.57. The Morgan fingerprint density at radius 3 is 2.91 bits per heavy atom. The molecular formula is C14H17ClN6O. The molecule has 7 nitrogen and oxygen atoms in total. The molecule has 116 valence electrons. The molecule has 0 saturated carbocycles. The van der Waals surface area contributed by atoms with E-state index in [-0.39, 0.29) is 11.9 Å². The van der Waals surface area contributed by atoms with E-state index in [0.29, 0.717) is 29.6 Å². The van der Waals surface area contributed by atoms with Crippen molar-refractivity contribution in [3.05, 3.63) is 35.5 Å². The number of hydrogen-bond donors (Lipinski definition) is 0. The molecule has 3 heterocycles. The lowest BCUT2D eigenvalue weighted by molar-refractivity contribution is 0.0787. The Balaban J connectivity index is 1.77. The molecule has 0 aliphatic carbocycles. The number of halogens is 1. The van der Waals surface area contributed by atoms with Crippen LogP contribution in [0.15, 0.2) is 24.8 Å². The summed E-state index contributed by atoms with van der Waals surface area (Å²) in [7, 11) is 3.73. The van der Waals surface area contributed by atoms with E-state index in [4.69, 9.17) is 11.6 Å². The third-order valence-electron chi connectivity index (χ3n) is 3.75. The number of amides is 1. The van der Waals surface area contributed by atoms with Gasteiger partial charge in [0.15, 0.2) is 0 Å². The average molecular weight is 321 g/mol. The molecule has 0 aromatic carbocycles. The van der Waals surface area contributed by atoms with Crippen molar-refractivity contribution in [3.63, 3.8) is 0 Å². The highest BCUT2D eigenvalue weighted by Crippen LogP contribution is 2.24. The predicted molar refractivity (Wildman–Crippen MR) is 83.2 cm³/mol. The van der Waals surface area contributed by atoms with E-state index >= 15 is 0 Å². The number of aromatic nitrogens is 4. The van der Waals surface area contributed by atoms with Crippen LogP contribution in [-0.2, 0) is 0 Å². The van der Waals surface area contributed by atoms with E-state index in [1.165, 1.54) is 6.33 Å². The summed E-state index contributed by atoms with van der Waals surface area (Å²) in [5, 5.41) is 4.47. The molecule has 1 saturated heterocycles. The fraction of sp³-hybridized carbons (Fsp3) is 0.429. The highest BCUT2D eigenvalue weighted by Gasteiger charge is 2.29. The van der Waals surface area contributed by atoms with Crippen molar-refractivity contribution in [1.82, 2.24) is 24.6 Å². The first-order chi connectivity index (χ1) is 10.5. The zero-order chi connectivity index (χ0) is 15.7. The number of pyridine rings is 1. The van der Waals surface area contributed by atoms with Gasteiger partial charge in [0.1, 0.15) is 23.6 Å². The van der Waals surface area contributed by atoms with E-state index in [9.17, 15) is 4.79 Å². The van der Waals surface area contributed by atoms with Crippen LogP contribution in [0.4, 0.5) is 5.82 Å². The largest absolute Gasteiger partial charge is 0.363 e.